The predicted octanol–water partition coefficient (Wildman–Crippen LogP) is 0.975. The van der Waals surface area contributed by atoms with Gasteiger partial charge in [0, 0.05) is 35.3 Å². The molecule has 2 bridgehead atoms. The highest BCUT2D eigenvalue weighted by molar-refractivity contribution is 5.84. The van der Waals surface area contributed by atoms with Crippen LogP contribution in [0.5, 0.6) is 5.88 Å². The van der Waals surface area contributed by atoms with Crippen molar-refractivity contribution in [3.05, 3.63) is 42.6 Å². The van der Waals surface area contributed by atoms with Gasteiger partial charge in [0.1, 0.15) is 6.10 Å². The SMILES string of the molecule is O=C(O)C(O)C(O)C(=O)O.c1cc2cc(-c3ccc(OC4CN5CCC4CC5)nn3)ccc2[nH]1. The first-order chi connectivity index (χ1) is 16.3. The highest BCUT2D eigenvalue weighted by Crippen LogP contribution is 2.30. The molecule has 0 aliphatic carbocycles. The molecule has 3 atom stereocenters. The molecule has 0 radical (unpaired) electrons. The molecule has 3 unspecified atom stereocenters. The molecule has 0 spiro atoms. The lowest BCUT2D eigenvalue weighted by Gasteiger charge is -2.44. The van der Waals surface area contributed by atoms with Gasteiger partial charge in [-0.05, 0) is 56.1 Å². The van der Waals surface area contributed by atoms with Crippen LogP contribution >= 0.6 is 0 Å². The van der Waals surface area contributed by atoms with Crippen molar-refractivity contribution in [2.45, 2.75) is 31.2 Å². The van der Waals surface area contributed by atoms with Crippen LogP contribution in [0.4, 0.5) is 0 Å². The molecule has 3 fully saturated rings. The number of aromatic amines is 1. The van der Waals surface area contributed by atoms with Crippen molar-refractivity contribution in [1.29, 1.82) is 0 Å². The Morgan fingerprint density at radius 3 is 2.26 bits per heavy atom. The van der Waals surface area contributed by atoms with Crippen LogP contribution in [0.3, 0.4) is 0 Å². The average Bonchev–Trinajstić information content (AvgIpc) is 3.32. The summed E-state index contributed by atoms with van der Waals surface area (Å²) in [5.74, 6) is -2.22. The molecule has 1 aromatic carbocycles. The van der Waals surface area contributed by atoms with Crippen molar-refractivity contribution < 1.29 is 34.8 Å². The number of aliphatic carboxylic acids is 2. The number of rotatable bonds is 6. The largest absolute Gasteiger partial charge is 0.479 e. The first-order valence-corrected chi connectivity index (χ1v) is 10.9. The minimum Gasteiger partial charge on any atom is -0.479 e. The second kappa shape index (κ2) is 10.2. The van der Waals surface area contributed by atoms with Crippen LogP contribution in [0, 0.1) is 5.92 Å². The number of aliphatic hydroxyl groups is 2. The first-order valence-electron chi connectivity index (χ1n) is 10.9. The van der Waals surface area contributed by atoms with Crippen LogP contribution in [-0.4, -0.2) is 90.4 Å². The molecule has 0 saturated carbocycles. The third kappa shape index (κ3) is 5.33. The van der Waals surface area contributed by atoms with Gasteiger partial charge in [-0.15, -0.1) is 10.2 Å². The lowest BCUT2D eigenvalue weighted by atomic mass is 9.86. The van der Waals surface area contributed by atoms with E-state index in [1.165, 1.54) is 31.3 Å². The zero-order valence-electron chi connectivity index (χ0n) is 18.2. The Labute approximate surface area is 194 Å². The molecule has 3 aliphatic heterocycles. The van der Waals surface area contributed by atoms with Crippen molar-refractivity contribution in [3.63, 3.8) is 0 Å². The maximum absolute atomic E-state index is 9.77. The van der Waals surface area contributed by atoms with Gasteiger partial charge in [0.05, 0.1) is 5.69 Å². The van der Waals surface area contributed by atoms with E-state index in [0.29, 0.717) is 11.8 Å². The summed E-state index contributed by atoms with van der Waals surface area (Å²) >= 11 is 0. The molecule has 6 rings (SSSR count). The standard InChI is InChI=1S/C19H20N4O.C4H6O6/c1-2-16-15(5-8-20-16)11-14(1)17-3-4-19(22-21-17)24-18-12-23-9-6-13(18)7-10-23;5-1(3(7)8)2(6)4(9)10/h1-5,8,11,13,18,20H,6-7,9-10,12H2;1-2,5-6H,(H,7,8)(H,9,10). The second-order valence-electron chi connectivity index (χ2n) is 8.40. The molecule has 5 N–H and O–H groups in total. The third-order valence-corrected chi connectivity index (χ3v) is 6.16. The van der Waals surface area contributed by atoms with Gasteiger partial charge in [0.25, 0.3) is 0 Å². The Hall–Kier alpha value is -3.54. The number of benzene rings is 1. The van der Waals surface area contributed by atoms with E-state index in [1.807, 2.05) is 18.3 Å². The predicted molar refractivity (Wildman–Crippen MR) is 120 cm³/mol. The number of carboxylic acid groups (broad SMARTS) is 2. The number of carbonyl (C=O) groups is 2. The Morgan fingerprint density at radius 1 is 1.00 bits per heavy atom. The number of aliphatic hydroxyl groups excluding tert-OH is 2. The average molecular weight is 470 g/mol. The molecular formula is C23H26N4O7. The van der Waals surface area contributed by atoms with E-state index >= 15 is 0 Å². The summed E-state index contributed by atoms with van der Waals surface area (Å²) in [7, 11) is 0. The number of fused-ring (bicyclic) bond motifs is 4. The molecule has 3 aliphatic rings. The zero-order chi connectivity index (χ0) is 24.2. The lowest BCUT2D eigenvalue weighted by Crippen LogP contribution is -2.52. The maximum Gasteiger partial charge on any atom is 0.335 e. The summed E-state index contributed by atoms with van der Waals surface area (Å²) in [5.41, 5.74) is 3.08. The van der Waals surface area contributed by atoms with E-state index in [0.717, 1.165) is 23.3 Å². The van der Waals surface area contributed by atoms with Gasteiger partial charge in [0.2, 0.25) is 5.88 Å². The molecule has 3 saturated heterocycles. The fraction of sp³-hybridized carbons (Fsp3) is 0.391. The van der Waals surface area contributed by atoms with Crippen LogP contribution in [0.25, 0.3) is 22.2 Å². The van der Waals surface area contributed by atoms with Crippen LogP contribution in [0.2, 0.25) is 0 Å². The van der Waals surface area contributed by atoms with Crippen LogP contribution in [0.1, 0.15) is 12.8 Å². The van der Waals surface area contributed by atoms with Crippen molar-refractivity contribution in [1.82, 2.24) is 20.1 Å². The van der Waals surface area contributed by atoms with Crippen LogP contribution in [0.15, 0.2) is 42.6 Å². The first kappa shape index (κ1) is 23.6. The molecule has 11 heteroatoms. The Balaban J connectivity index is 0.000000235. The maximum atomic E-state index is 9.77. The summed E-state index contributed by atoms with van der Waals surface area (Å²) in [6.45, 7) is 3.46. The Bertz CT molecular complexity index is 1120. The summed E-state index contributed by atoms with van der Waals surface area (Å²) in [5, 5.41) is 42.4. The normalized spacial score (nSPS) is 22.9. The summed E-state index contributed by atoms with van der Waals surface area (Å²) in [6.07, 6.45) is 0.170. The van der Waals surface area contributed by atoms with E-state index in [2.05, 4.69) is 44.3 Å². The quantitative estimate of drug-likeness (QED) is 0.350. The monoisotopic (exact) mass is 470 g/mol. The molecule has 3 aromatic rings. The molecule has 11 nitrogen and oxygen atoms in total. The number of aromatic nitrogens is 3. The number of ether oxygens (including phenoxy) is 1. The number of hydrogen-bond acceptors (Lipinski definition) is 8. The number of carboxylic acids is 2. The minimum atomic E-state index is -2.27. The molecule has 34 heavy (non-hydrogen) atoms. The summed E-state index contributed by atoms with van der Waals surface area (Å²) < 4.78 is 6.12. The smallest absolute Gasteiger partial charge is 0.335 e. The third-order valence-electron chi connectivity index (χ3n) is 6.16. The van der Waals surface area contributed by atoms with E-state index in [4.69, 9.17) is 25.2 Å². The minimum absolute atomic E-state index is 0.267. The van der Waals surface area contributed by atoms with Gasteiger partial charge < -0.3 is 30.1 Å². The van der Waals surface area contributed by atoms with Gasteiger partial charge >= 0.3 is 11.9 Å². The molecule has 180 valence electrons. The topological polar surface area (TPSA) is 169 Å². The van der Waals surface area contributed by atoms with Crippen LogP contribution < -0.4 is 4.74 Å². The number of piperidine rings is 3. The molecule has 0 amide bonds. The van der Waals surface area contributed by atoms with Gasteiger partial charge in [-0.3, -0.25) is 4.90 Å². The number of H-pyrrole nitrogens is 1. The number of nitrogens with zero attached hydrogens (tertiary/aromatic N) is 3. The molecular weight excluding hydrogens is 444 g/mol. The van der Waals surface area contributed by atoms with Gasteiger partial charge in [-0.1, -0.05) is 6.07 Å². The number of nitrogens with one attached hydrogen (secondary N) is 1. The highest BCUT2D eigenvalue weighted by atomic mass is 16.5. The molecule has 5 heterocycles. The van der Waals surface area contributed by atoms with Crippen molar-refractivity contribution in [2.24, 2.45) is 5.92 Å². The van der Waals surface area contributed by atoms with Gasteiger partial charge in [-0.25, -0.2) is 9.59 Å². The fourth-order valence-electron chi connectivity index (χ4n) is 4.22. The highest BCUT2D eigenvalue weighted by Gasteiger charge is 2.35. The Kier molecular flexibility index (Phi) is 7.06. The van der Waals surface area contributed by atoms with Crippen molar-refractivity contribution >= 4 is 22.8 Å². The lowest BCUT2D eigenvalue weighted by molar-refractivity contribution is -0.165. The van der Waals surface area contributed by atoms with Gasteiger partial charge in [-0.2, -0.15) is 0 Å². The van der Waals surface area contributed by atoms with E-state index in [-0.39, 0.29) is 6.10 Å². The van der Waals surface area contributed by atoms with Gasteiger partial charge in [0.15, 0.2) is 12.2 Å². The fourth-order valence-corrected chi connectivity index (χ4v) is 4.22. The van der Waals surface area contributed by atoms with Crippen LogP contribution in [-0.2, 0) is 9.59 Å². The summed E-state index contributed by atoms with van der Waals surface area (Å²) in [4.78, 5) is 25.2. The van der Waals surface area contributed by atoms with E-state index in [9.17, 15) is 9.59 Å². The van der Waals surface area contributed by atoms with E-state index in [1.54, 1.807) is 0 Å². The Morgan fingerprint density at radius 2 is 1.71 bits per heavy atom. The molecule has 2 aromatic heterocycles. The second-order valence-corrected chi connectivity index (χ2v) is 8.40. The number of hydrogen-bond donors (Lipinski definition) is 5. The summed E-state index contributed by atoms with van der Waals surface area (Å²) in [6, 6.07) is 12.3. The van der Waals surface area contributed by atoms with E-state index < -0.39 is 24.1 Å². The van der Waals surface area contributed by atoms with Crippen molar-refractivity contribution in [3.8, 4) is 17.1 Å². The van der Waals surface area contributed by atoms with Crippen molar-refractivity contribution in [2.75, 3.05) is 19.6 Å². The zero-order valence-corrected chi connectivity index (χ0v) is 18.2.